The van der Waals surface area contributed by atoms with Crippen LogP contribution in [0.15, 0.2) is 41.6 Å². The van der Waals surface area contributed by atoms with Gasteiger partial charge in [-0.15, -0.1) is 0 Å². The van der Waals surface area contributed by atoms with Crippen LogP contribution >= 0.6 is 0 Å². The molecule has 0 radical (unpaired) electrons. The van der Waals surface area contributed by atoms with Gasteiger partial charge in [-0.25, -0.2) is 27.9 Å². The van der Waals surface area contributed by atoms with E-state index in [-0.39, 0.29) is 16.4 Å². The normalized spacial score (nSPS) is 11.1. The highest BCUT2D eigenvalue weighted by atomic mass is 32.2. The number of rotatable bonds is 5. The SMILES string of the molecule is CCc1ccc(S(=O)(=O)Nc2ncccn2)cc1C(=O)O. The highest BCUT2D eigenvalue weighted by Gasteiger charge is 2.19. The molecule has 2 aromatic rings. The highest BCUT2D eigenvalue weighted by molar-refractivity contribution is 7.92. The zero-order valence-corrected chi connectivity index (χ0v) is 12.0. The second kappa shape index (κ2) is 5.88. The van der Waals surface area contributed by atoms with Crippen LogP contribution in [0.4, 0.5) is 5.95 Å². The lowest BCUT2D eigenvalue weighted by Gasteiger charge is -2.09. The summed E-state index contributed by atoms with van der Waals surface area (Å²) < 4.78 is 26.6. The molecular weight excluding hydrogens is 294 g/mol. The number of anilines is 1. The maximum Gasteiger partial charge on any atom is 0.336 e. The van der Waals surface area contributed by atoms with E-state index in [0.29, 0.717) is 12.0 Å². The molecule has 0 spiro atoms. The number of carbonyl (C=O) groups is 1. The van der Waals surface area contributed by atoms with Gasteiger partial charge < -0.3 is 5.11 Å². The predicted octanol–water partition coefficient (Wildman–Crippen LogP) is 1.54. The molecule has 2 N–H and O–H groups in total. The van der Waals surface area contributed by atoms with Crippen molar-refractivity contribution in [2.45, 2.75) is 18.2 Å². The number of hydrogen-bond donors (Lipinski definition) is 2. The Morgan fingerprint density at radius 1 is 1.29 bits per heavy atom. The van der Waals surface area contributed by atoms with Crippen LogP contribution in [0.1, 0.15) is 22.8 Å². The smallest absolute Gasteiger partial charge is 0.336 e. The van der Waals surface area contributed by atoms with Crippen molar-refractivity contribution in [1.82, 2.24) is 9.97 Å². The third-order valence-corrected chi connectivity index (χ3v) is 4.12. The zero-order chi connectivity index (χ0) is 15.5. The van der Waals surface area contributed by atoms with Gasteiger partial charge in [-0.3, -0.25) is 0 Å². The molecule has 2 rings (SSSR count). The molecule has 1 aromatic heterocycles. The molecule has 7 nitrogen and oxygen atoms in total. The predicted molar refractivity (Wildman–Crippen MR) is 75.6 cm³/mol. The summed E-state index contributed by atoms with van der Waals surface area (Å²) in [6, 6.07) is 5.53. The van der Waals surface area contributed by atoms with E-state index in [1.807, 2.05) is 0 Å². The molecule has 8 heteroatoms. The quantitative estimate of drug-likeness (QED) is 0.867. The molecular formula is C13H13N3O4S. The van der Waals surface area contributed by atoms with Crippen LogP contribution in [-0.4, -0.2) is 29.5 Å². The first kappa shape index (κ1) is 14.9. The molecule has 1 aromatic carbocycles. The summed E-state index contributed by atoms with van der Waals surface area (Å²) in [5.41, 5.74) is 0.534. The number of benzene rings is 1. The van der Waals surface area contributed by atoms with Crippen LogP contribution in [0.2, 0.25) is 0 Å². The topological polar surface area (TPSA) is 109 Å². The van der Waals surface area contributed by atoms with E-state index in [1.165, 1.54) is 24.5 Å². The van der Waals surface area contributed by atoms with Crippen molar-refractivity contribution in [2.75, 3.05) is 4.72 Å². The van der Waals surface area contributed by atoms with Crippen molar-refractivity contribution in [2.24, 2.45) is 0 Å². The number of aryl methyl sites for hydroxylation is 1. The Morgan fingerprint density at radius 3 is 2.52 bits per heavy atom. The number of carboxylic acid groups (broad SMARTS) is 1. The molecule has 110 valence electrons. The maximum atomic E-state index is 12.2. The van der Waals surface area contributed by atoms with Crippen molar-refractivity contribution in [3.63, 3.8) is 0 Å². The summed E-state index contributed by atoms with van der Waals surface area (Å²) in [5, 5.41) is 9.14. The summed E-state index contributed by atoms with van der Waals surface area (Å²) in [5.74, 6) is -1.24. The van der Waals surface area contributed by atoms with Gasteiger partial charge in [0.25, 0.3) is 10.0 Å². The summed E-state index contributed by atoms with van der Waals surface area (Å²) in [6.07, 6.45) is 3.29. The minimum absolute atomic E-state index is 0.0330. The fourth-order valence-electron chi connectivity index (χ4n) is 1.76. The van der Waals surface area contributed by atoms with E-state index in [2.05, 4.69) is 14.7 Å². The van der Waals surface area contributed by atoms with Crippen molar-refractivity contribution in [1.29, 1.82) is 0 Å². The van der Waals surface area contributed by atoms with E-state index >= 15 is 0 Å². The molecule has 0 atom stereocenters. The van der Waals surface area contributed by atoms with Crippen LogP contribution in [0.5, 0.6) is 0 Å². The summed E-state index contributed by atoms with van der Waals surface area (Å²) in [7, 11) is -3.93. The lowest BCUT2D eigenvalue weighted by Crippen LogP contribution is -2.16. The van der Waals surface area contributed by atoms with Crippen LogP contribution < -0.4 is 4.72 Å². The monoisotopic (exact) mass is 307 g/mol. The number of aromatic nitrogens is 2. The first-order chi connectivity index (χ1) is 9.94. The molecule has 0 saturated carbocycles. The number of sulfonamides is 1. The van der Waals surface area contributed by atoms with E-state index in [1.54, 1.807) is 13.0 Å². The van der Waals surface area contributed by atoms with Crippen molar-refractivity contribution >= 4 is 21.9 Å². The Morgan fingerprint density at radius 2 is 1.95 bits per heavy atom. The van der Waals surface area contributed by atoms with Crippen LogP contribution in [0.3, 0.4) is 0 Å². The average Bonchev–Trinajstić information content (AvgIpc) is 2.47. The number of aromatic carboxylic acids is 1. The molecule has 0 aliphatic heterocycles. The number of carboxylic acids is 1. The van der Waals surface area contributed by atoms with Crippen molar-refractivity contribution in [3.05, 3.63) is 47.8 Å². The number of nitrogens with one attached hydrogen (secondary N) is 1. The van der Waals surface area contributed by atoms with Crippen LogP contribution in [0.25, 0.3) is 0 Å². The van der Waals surface area contributed by atoms with Crippen LogP contribution in [-0.2, 0) is 16.4 Å². The molecule has 0 aliphatic carbocycles. The first-order valence-electron chi connectivity index (χ1n) is 6.10. The van der Waals surface area contributed by atoms with E-state index in [0.717, 1.165) is 6.07 Å². The summed E-state index contributed by atoms with van der Waals surface area (Å²) >= 11 is 0. The molecule has 0 amide bonds. The Kier molecular flexibility index (Phi) is 4.18. The van der Waals surface area contributed by atoms with Gasteiger partial charge in [0.1, 0.15) is 0 Å². The van der Waals surface area contributed by atoms with Gasteiger partial charge in [0.15, 0.2) is 0 Å². The minimum Gasteiger partial charge on any atom is -0.478 e. The van der Waals surface area contributed by atoms with Crippen molar-refractivity contribution in [3.8, 4) is 0 Å². The Hall–Kier alpha value is -2.48. The minimum atomic E-state index is -3.93. The lowest BCUT2D eigenvalue weighted by molar-refractivity contribution is 0.0695. The Labute approximate surface area is 121 Å². The molecule has 0 unspecified atom stereocenters. The number of nitrogens with zero attached hydrogens (tertiary/aromatic N) is 2. The van der Waals surface area contributed by atoms with Crippen LogP contribution in [0, 0.1) is 0 Å². The fraction of sp³-hybridized carbons (Fsp3) is 0.154. The Bertz CT molecular complexity index is 760. The second-order valence-corrected chi connectivity index (χ2v) is 5.84. The average molecular weight is 307 g/mol. The maximum absolute atomic E-state index is 12.2. The number of hydrogen-bond acceptors (Lipinski definition) is 5. The van der Waals surface area contributed by atoms with Gasteiger partial charge in [-0.1, -0.05) is 13.0 Å². The van der Waals surface area contributed by atoms with Gasteiger partial charge >= 0.3 is 5.97 Å². The lowest BCUT2D eigenvalue weighted by atomic mass is 10.1. The molecule has 0 fully saturated rings. The molecule has 0 aliphatic rings. The van der Waals surface area contributed by atoms with E-state index in [4.69, 9.17) is 5.11 Å². The summed E-state index contributed by atoms with van der Waals surface area (Å²) in [6.45, 7) is 1.80. The first-order valence-corrected chi connectivity index (χ1v) is 7.58. The highest BCUT2D eigenvalue weighted by Crippen LogP contribution is 2.18. The second-order valence-electron chi connectivity index (χ2n) is 4.16. The molecule has 0 saturated heterocycles. The zero-order valence-electron chi connectivity index (χ0n) is 11.1. The van der Waals surface area contributed by atoms with Gasteiger partial charge in [0.05, 0.1) is 10.5 Å². The molecule has 21 heavy (non-hydrogen) atoms. The van der Waals surface area contributed by atoms with Gasteiger partial charge in [-0.2, -0.15) is 0 Å². The van der Waals surface area contributed by atoms with Gasteiger partial charge in [0.2, 0.25) is 5.95 Å². The fourth-order valence-corrected chi connectivity index (χ4v) is 2.74. The van der Waals surface area contributed by atoms with E-state index in [9.17, 15) is 13.2 Å². The third-order valence-electron chi connectivity index (χ3n) is 2.79. The Balaban J connectivity index is 2.41. The largest absolute Gasteiger partial charge is 0.478 e. The van der Waals surface area contributed by atoms with Crippen molar-refractivity contribution < 1.29 is 18.3 Å². The third kappa shape index (κ3) is 3.34. The molecule has 1 heterocycles. The molecule has 0 bridgehead atoms. The van der Waals surface area contributed by atoms with Gasteiger partial charge in [0, 0.05) is 12.4 Å². The van der Waals surface area contributed by atoms with E-state index < -0.39 is 16.0 Å². The summed E-state index contributed by atoms with van der Waals surface area (Å²) in [4.78, 5) is 18.6. The van der Waals surface area contributed by atoms with Gasteiger partial charge in [-0.05, 0) is 30.2 Å². The standard InChI is InChI=1S/C13H13N3O4S/c1-2-9-4-5-10(8-11(9)12(17)18)21(19,20)16-13-14-6-3-7-15-13/h3-8H,2H2,1H3,(H,17,18)(H,14,15,16).